The fraction of sp³-hybridized carbons (Fsp3) is 0. The Morgan fingerprint density at radius 2 is 0.667 bits per heavy atom. The highest BCUT2D eigenvalue weighted by atomic mass is 16.3. The van der Waals surface area contributed by atoms with Crippen molar-refractivity contribution in [3.63, 3.8) is 0 Å². The van der Waals surface area contributed by atoms with E-state index in [-0.39, 0.29) is 0 Å². The van der Waals surface area contributed by atoms with Crippen molar-refractivity contribution in [2.24, 2.45) is 0 Å². The van der Waals surface area contributed by atoms with Gasteiger partial charge in [-0.3, -0.25) is 0 Å². The molecule has 0 spiro atoms. The van der Waals surface area contributed by atoms with Gasteiger partial charge in [0.05, 0.1) is 11.0 Å². The van der Waals surface area contributed by atoms with Gasteiger partial charge >= 0.3 is 0 Å². The number of fused-ring (bicyclic) bond motifs is 10. The molecule has 66 heavy (non-hydrogen) atoms. The van der Waals surface area contributed by atoms with Gasteiger partial charge < -0.3 is 8.98 Å². The van der Waals surface area contributed by atoms with E-state index < -0.39 is 0 Å². The molecule has 2 heteroatoms. The summed E-state index contributed by atoms with van der Waals surface area (Å²) in [5, 5.41) is 14.5. The molecular formula is C64H39NO. The Bertz CT molecular complexity index is 4120. The van der Waals surface area contributed by atoms with Crippen molar-refractivity contribution < 1.29 is 4.42 Å². The van der Waals surface area contributed by atoms with Crippen LogP contribution in [0.5, 0.6) is 0 Å². The van der Waals surface area contributed by atoms with Gasteiger partial charge in [-0.15, -0.1) is 0 Å². The second-order valence-electron chi connectivity index (χ2n) is 17.5. The SMILES string of the molecule is c1ccc(-c2c3ccccc3c(-c3ccc4oc5c(-c6c7ccccc7c(-c7cccc(-n8c9ccccc9c9ccccc98)c7)c7ccccc67)cccc5c4c3)c3ccccc23)cc1. The molecule has 0 aliphatic heterocycles. The number of aromatic nitrogens is 1. The maximum Gasteiger partial charge on any atom is 0.143 e. The van der Waals surface area contributed by atoms with Crippen molar-refractivity contribution in [3.8, 4) is 50.2 Å². The molecule has 0 aliphatic carbocycles. The molecule has 0 saturated heterocycles. The highest BCUT2D eigenvalue weighted by Gasteiger charge is 2.23. The van der Waals surface area contributed by atoms with Crippen molar-refractivity contribution in [3.05, 3.63) is 237 Å². The first-order valence-corrected chi connectivity index (χ1v) is 22.8. The van der Waals surface area contributed by atoms with Crippen LogP contribution in [0.3, 0.4) is 0 Å². The monoisotopic (exact) mass is 837 g/mol. The highest BCUT2D eigenvalue weighted by molar-refractivity contribution is 6.26. The van der Waals surface area contributed by atoms with Gasteiger partial charge in [0.15, 0.2) is 0 Å². The number of nitrogens with zero attached hydrogens (tertiary/aromatic N) is 1. The molecule has 0 fully saturated rings. The van der Waals surface area contributed by atoms with E-state index >= 15 is 0 Å². The molecule has 2 heterocycles. The Kier molecular flexibility index (Phi) is 8.02. The average molecular weight is 838 g/mol. The van der Waals surface area contributed by atoms with Crippen LogP contribution in [0.1, 0.15) is 0 Å². The van der Waals surface area contributed by atoms with Crippen LogP contribution in [0.4, 0.5) is 0 Å². The minimum absolute atomic E-state index is 0.878. The predicted octanol–water partition coefficient (Wildman–Crippen LogP) is 18.0. The summed E-state index contributed by atoms with van der Waals surface area (Å²) < 4.78 is 9.43. The van der Waals surface area contributed by atoms with E-state index in [4.69, 9.17) is 4.42 Å². The summed E-state index contributed by atoms with van der Waals surface area (Å²) in [6.45, 7) is 0. The molecule has 2 nitrogen and oxygen atoms in total. The van der Waals surface area contributed by atoms with E-state index in [0.717, 1.165) is 33.2 Å². The van der Waals surface area contributed by atoms with Crippen LogP contribution in [-0.2, 0) is 0 Å². The number of hydrogen-bond acceptors (Lipinski definition) is 1. The molecule has 2 aromatic heterocycles. The van der Waals surface area contributed by atoms with Gasteiger partial charge in [0, 0.05) is 38.4 Å². The lowest BCUT2D eigenvalue weighted by Crippen LogP contribution is -1.95. The number of para-hydroxylation sites is 3. The largest absolute Gasteiger partial charge is 0.455 e. The van der Waals surface area contributed by atoms with E-state index in [0.29, 0.717) is 0 Å². The quantitative estimate of drug-likeness (QED) is 0.158. The van der Waals surface area contributed by atoms with Gasteiger partial charge in [-0.25, -0.2) is 0 Å². The van der Waals surface area contributed by atoms with Gasteiger partial charge in [-0.1, -0.05) is 200 Å². The topological polar surface area (TPSA) is 18.1 Å². The van der Waals surface area contributed by atoms with Crippen molar-refractivity contribution in [2.45, 2.75) is 0 Å². The van der Waals surface area contributed by atoms with Gasteiger partial charge in [-0.05, 0) is 113 Å². The maximum absolute atomic E-state index is 7.02. The van der Waals surface area contributed by atoms with E-state index in [2.05, 4.69) is 241 Å². The van der Waals surface area contributed by atoms with Crippen LogP contribution >= 0.6 is 0 Å². The van der Waals surface area contributed by atoms with E-state index in [1.54, 1.807) is 0 Å². The van der Waals surface area contributed by atoms with Crippen LogP contribution in [-0.4, -0.2) is 4.57 Å². The van der Waals surface area contributed by atoms with Gasteiger partial charge in [0.2, 0.25) is 0 Å². The molecule has 0 bridgehead atoms. The number of hydrogen-bond donors (Lipinski definition) is 0. The summed E-state index contributed by atoms with van der Waals surface area (Å²) in [7, 11) is 0. The first-order valence-electron chi connectivity index (χ1n) is 22.8. The van der Waals surface area contributed by atoms with Crippen LogP contribution < -0.4 is 0 Å². The maximum atomic E-state index is 7.02. The minimum atomic E-state index is 0.878. The Hall–Kier alpha value is -8.72. The standard InChI is InChI=1S/C64H39NO/c1-2-18-40(19-3-1)60-46-24-4-6-26-48(46)62(49-27-7-5-25-47(49)60)42-36-37-59-56(39-42)54-32-17-33-55(64(54)66-59)63-52-30-10-8-28-50(52)61(51-29-9-11-31-53(51)63)41-20-16-21-43(38-41)65-57-34-14-12-22-44(57)45-23-13-15-35-58(45)65/h1-39H. The predicted molar refractivity (Wildman–Crippen MR) is 280 cm³/mol. The lowest BCUT2D eigenvalue weighted by molar-refractivity contribution is 0.670. The second-order valence-corrected chi connectivity index (χ2v) is 17.5. The third-order valence-electron chi connectivity index (χ3n) is 14.0. The molecule has 0 aliphatic rings. The molecule has 0 N–H and O–H groups in total. The summed E-state index contributed by atoms with van der Waals surface area (Å²) in [5.74, 6) is 0. The number of rotatable bonds is 5. The molecule has 12 aromatic carbocycles. The summed E-state index contributed by atoms with van der Waals surface area (Å²) in [5.41, 5.74) is 14.9. The Morgan fingerprint density at radius 1 is 0.258 bits per heavy atom. The molecule has 0 amide bonds. The summed E-state index contributed by atoms with van der Waals surface area (Å²) in [6, 6.07) is 86.3. The highest BCUT2D eigenvalue weighted by Crippen LogP contribution is 2.49. The van der Waals surface area contributed by atoms with Crippen LogP contribution in [0, 0.1) is 0 Å². The minimum Gasteiger partial charge on any atom is -0.455 e. The van der Waals surface area contributed by atoms with Gasteiger partial charge in [0.25, 0.3) is 0 Å². The normalized spacial score (nSPS) is 11.9. The molecule has 0 atom stereocenters. The smallest absolute Gasteiger partial charge is 0.143 e. The molecule has 14 aromatic rings. The molecule has 0 saturated carbocycles. The van der Waals surface area contributed by atoms with Crippen LogP contribution in [0.25, 0.3) is 137 Å². The molecule has 306 valence electrons. The molecule has 14 rings (SSSR count). The Labute approximate surface area is 380 Å². The first kappa shape index (κ1) is 36.7. The fourth-order valence-electron chi connectivity index (χ4n) is 11.2. The third kappa shape index (κ3) is 5.36. The second kappa shape index (κ2) is 14.4. The van der Waals surface area contributed by atoms with Crippen LogP contribution in [0.15, 0.2) is 241 Å². The van der Waals surface area contributed by atoms with Crippen LogP contribution in [0.2, 0.25) is 0 Å². The zero-order chi connectivity index (χ0) is 43.3. The van der Waals surface area contributed by atoms with E-state index in [1.807, 2.05) is 0 Å². The molecule has 0 radical (unpaired) electrons. The summed E-state index contributed by atoms with van der Waals surface area (Å²) in [6.07, 6.45) is 0. The lowest BCUT2D eigenvalue weighted by atomic mass is 9.85. The first-order chi connectivity index (χ1) is 32.8. The Morgan fingerprint density at radius 3 is 1.21 bits per heavy atom. The number of benzene rings is 12. The summed E-state index contributed by atoms with van der Waals surface area (Å²) >= 11 is 0. The van der Waals surface area contributed by atoms with Crippen molar-refractivity contribution >= 4 is 86.8 Å². The van der Waals surface area contributed by atoms with E-state index in [9.17, 15) is 0 Å². The van der Waals surface area contributed by atoms with Crippen molar-refractivity contribution in [2.75, 3.05) is 0 Å². The fourth-order valence-corrected chi connectivity index (χ4v) is 11.2. The average Bonchev–Trinajstić information content (AvgIpc) is 3.93. The van der Waals surface area contributed by atoms with Gasteiger partial charge in [-0.2, -0.15) is 0 Å². The third-order valence-corrected chi connectivity index (χ3v) is 14.0. The van der Waals surface area contributed by atoms with Crippen molar-refractivity contribution in [1.82, 2.24) is 4.57 Å². The zero-order valence-electron chi connectivity index (χ0n) is 35.9. The number of furan rings is 1. The van der Waals surface area contributed by atoms with Crippen molar-refractivity contribution in [1.29, 1.82) is 0 Å². The summed E-state index contributed by atoms with van der Waals surface area (Å²) in [4.78, 5) is 0. The molecule has 0 unspecified atom stereocenters. The molecular weight excluding hydrogens is 799 g/mol. The Balaban J connectivity index is 0.976. The van der Waals surface area contributed by atoms with E-state index in [1.165, 1.54) is 104 Å². The van der Waals surface area contributed by atoms with Gasteiger partial charge in [0.1, 0.15) is 11.2 Å². The lowest BCUT2D eigenvalue weighted by Gasteiger charge is -2.18. The zero-order valence-corrected chi connectivity index (χ0v) is 35.9.